The fourth-order valence-corrected chi connectivity index (χ4v) is 4.07. The molecule has 1 N–H and O–H groups in total. The van der Waals surface area contributed by atoms with Crippen molar-refractivity contribution in [3.63, 3.8) is 0 Å². The van der Waals surface area contributed by atoms with Crippen molar-refractivity contribution in [3.8, 4) is 0 Å². The topological polar surface area (TPSA) is 44.5 Å². The highest BCUT2D eigenvalue weighted by Gasteiger charge is 2.26. The summed E-state index contributed by atoms with van der Waals surface area (Å²) >= 11 is 0. The van der Waals surface area contributed by atoms with Gasteiger partial charge >= 0.3 is 0 Å². The molecule has 1 saturated heterocycles. The molecular formula is C22H34N4O. The van der Waals surface area contributed by atoms with E-state index < -0.39 is 0 Å². The van der Waals surface area contributed by atoms with Gasteiger partial charge in [-0.1, -0.05) is 30.3 Å². The Kier molecular flexibility index (Phi) is 7.44. The Morgan fingerprint density at radius 3 is 2.70 bits per heavy atom. The Balaban J connectivity index is 1.52. The molecule has 148 valence electrons. The third-order valence-electron chi connectivity index (χ3n) is 5.67. The van der Waals surface area contributed by atoms with E-state index in [0.717, 1.165) is 57.8 Å². The molecule has 0 aliphatic carbocycles. The van der Waals surface area contributed by atoms with Gasteiger partial charge in [-0.05, 0) is 45.2 Å². The Morgan fingerprint density at radius 2 is 2.00 bits per heavy atom. The Labute approximate surface area is 163 Å². The third-order valence-corrected chi connectivity index (χ3v) is 5.67. The van der Waals surface area contributed by atoms with Crippen LogP contribution in [0.2, 0.25) is 0 Å². The van der Waals surface area contributed by atoms with Crippen molar-refractivity contribution in [1.82, 2.24) is 19.6 Å². The van der Waals surface area contributed by atoms with Gasteiger partial charge in [0.05, 0.1) is 5.69 Å². The van der Waals surface area contributed by atoms with Crippen LogP contribution in [-0.4, -0.2) is 63.5 Å². The molecule has 1 aromatic heterocycles. The van der Waals surface area contributed by atoms with Gasteiger partial charge in [-0.15, -0.1) is 0 Å². The predicted octanol–water partition coefficient (Wildman–Crippen LogP) is 2.71. The van der Waals surface area contributed by atoms with Gasteiger partial charge in [0.2, 0.25) is 0 Å². The van der Waals surface area contributed by atoms with Crippen LogP contribution in [0, 0.1) is 6.92 Å². The zero-order valence-corrected chi connectivity index (χ0v) is 16.8. The molecule has 0 bridgehead atoms. The van der Waals surface area contributed by atoms with E-state index in [1.54, 1.807) is 0 Å². The summed E-state index contributed by atoms with van der Waals surface area (Å²) in [6.07, 6.45) is 5.34. The lowest BCUT2D eigenvalue weighted by molar-refractivity contribution is 0.0546. The van der Waals surface area contributed by atoms with Crippen molar-refractivity contribution in [2.24, 2.45) is 0 Å². The number of aryl methyl sites for hydroxylation is 3. The zero-order valence-electron chi connectivity index (χ0n) is 16.8. The SMILES string of the molecule is CCn1cc(CN2CCN(CCCc3ccccc3)C(CCO)C2)c(C)n1. The maximum atomic E-state index is 9.54. The van der Waals surface area contributed by atoms with Crippen LogP contribution in [0.25, 0.3) is 0 Å². The second-order valence-corrected chi connectivity index (χ2v) is 7.62. The highest BCUT2D eigenvalue weighted by Crippen LogP contribution is 2.18. The maximum absolute atomic E-state index is 9.54. The number of hydrogen-bond donors (Lipinski definition) is 1. The lowest BCUT2D eigenvalue weighted by atomic mass is 10.1. The van der Waals surface area contributed by atoms with E-state index in [1.807, 2.05) is 4.68 Å². The fraction of sp³-hybridized carbons (Fsp3) is 0.591. The van der Waals surface area contributed by atoms with Crippen molar-refractivity contribution < 1.29 is 5.11 Å². The van der Waals surface area contributed by atoms with Crippen LogP contribution < -0.4 is 0 Å². The van der Waals surface area contributed by atoms with Crippen molar-refractivity contribution in [2.45, 2.75) is 52.2 Å². The smallest absolute Gasteiger partial charge is 0.0638 e. The van der Waals surface area contributed by atoms with Gasteiger partial charge in [0.1, 0.15) is 0 Å². The van der Waals surface area contributed by atoms with E-state index >= 15 is 0 Å². The van der Waals surface area contributed by atoms with Crippen LogP contribution in [0.5, 0.6) is 0 Å². The molecule has 1 unspecified atom stereocenters. The number of aliphatic hydroxyl groups is 1. The molecule has 5 nitrogen and oxygen atoms in total. The molecule has 1 aromatic carbocycles. The molecule has 1 atom stereocenters. The molecule has 5 heteroatoms. The third kappa shape index (κ3) is 5.64. The molecule has 2 aromatic rings. The number of aliphatic hydroxyl groups excluding tert-OH is 1. The lowest BCUT2D eigenvalue weighted by Crippen LogP contribution is -2.53. The highest BCUT2D eigenvalue weighted by atomic mass is 16.3. The van der Waals surface area contributed by atoms with Crippen LogP contribution in [0.15, 0.2) is 36.5 Å². The van der Waals surface area contributed by atoms with E-state index in [9.17, 15) is 5.11 Å². The number of rotatable bonds is 9. The first-order valence-electron chi connectivity index (χ1n) is 10.3. The zero-order chi connectivity index (χ0) is 19.1. The number of nitrogens with zero attached hydrogens (tertiary/aromatic N) is 4. The van der Waals surface area contributed by atoms with Crippen LogP contribution in [0.3, 0.4) is 0 Å². The van der Waals surface area contributed by atoms with E-state index in [4.69, 9.17) is 0 Å². The Morgan fingerprint density at radius 1 is 1.19 bits per heavy atom. The van der Waals surface area contributed by atoms with E-state index in [-0.39, 0.29) is 6.61 Å². The summed E-state index contributed by atoms with van der Waals surface area (Å²) in [4.78, 5) is 5.11. The highest BCUT2D eigenvalue weighted by molar-refractivity contribution is 5.16. The molecule has 2 heterocycles. The van der Waals surface area contributed by atoms with Gasteiger partial charge < -0.3 is 5.11 Å². The maximum Gasteiger partial charge on any atom is 0.0638 e. The summed E-state index contributed by atoms with van der Waals surface area (Å²) in [5, 5.41) is 14.1. The number of aromatic nitrogens is 2. The molecule has 0 spiro atoms. The molecule has 3 rings (SSSR count). The van der Waals surface area contributed by atoms with E-state index in [1.165, 1.54) is 17.5 Å². The summed E-state index contributed by atoms with van der Waals surface area (Å²) in [6, 6.07) is 11.2. The van der Waals surface area contributed by atoms with Crippen molar-refractivity contribution in [3.05, 3.63) is 53.3 Å². The summed E-state index contributed by atoms with van der Waals surface area (Å²) in [6.45, 7) is 10.7. The van der Waals surface area contributed by atoms with Gasteiger partial charge in [0.15, 0.2) is 0 Å². The first kappa shape index (κ1) is 20.1. The van der Waals surface area contributed by atoms with Gasteiger partial charge in [-0.2, -0.15) is 5.10 Å². The quantitative estimate of drug-likeness (QED) is 0.737. The minimum Gasteiger partial charge on any atom is -0.396 e. The Bertz CT molecular complexity index is 685. The van der Waals surface area contributed by atoms with Crippen LogP contribution in [-0.2, 0) is 19.5 Å². The van der Waals surface area contributed by atoms with Gasteiger partial charge in [-0.3, -0.25) is 14.5 Å². The molecule has 0 saturated carbocycles. The second-order valence-electron chi connectivity index (χ2n) is 7.62. The molecule has 1 aliphatic rings. The largest absolute Gasteiger partial charge is 0.396 e. The van der Waals surface area contributed by atoms with E-state index in [0.29, 0.717) is 6.04 Å². The van der Waals surface area contributed by atoms with Crippen molar-refractivity contribution in [2.75, 3.05) is 32.8 Å². The lowest BCUT2D eigenvalue weighted by Gasteiger charge is -2.41. The molecule has 1 fully saturated rings. The normalized spacial score (nSPS) is 18.9. The summed E-state index contributed by atoms with van der Waals surface area (Å²) in [7, 11) is 0. The number of benzene rings is 1. The first-order chi connectivity index (χ1) is 13.2. The van der Waals surface area contributed by atoms with Crippen molar-refractivity contribution >= 4 is 0 Å². The van der Waals surface area contributed by atoms with Crippen LogP contribution >= 0.6 is 0 Å². The second kappa shape index (κ2) is 10.0. The average Bonchev–Trinajstić information content (AvgIpc) is 3.04. The number of piperazine rings is 1. The molecule has 0 amide bonds. The summed E-state index contributed by atoms with van der Waals surface area (Å²) in [5.74, 6) is 0. The van der Waals surface area contributed by atoms with Gasteiger partial charge in [-0.25, -0.2) is 0 Å². The van der Waals surface area contributed by atoms with E-state index in [2.05, 4.69) is 65.3 Å². The minimum atomic E-state index is 0.264. The monoisotopic (exact) mass is 370 g/mol. The first-order valence-corrected chi connectivity index (χ1v) is 10.3. The van der Waals surface area contributed by atoms with Crippen LogP contribution in [0.1, 0.15) is 36.6 Å². The summed E-state index contributed by atoms with van der Waals surface area (Å²) in [5.41, 5.74) is 3.89. The van der Waals surface area contributed by atoms with Crippen LogP contribution in [0.4, 0.5) is 0 Å². The van der Waals surface area contributed by atoms with Gasteiger partial charge in [0.25, 0.3) is 0 Å². The molecule has 1 aliphatic heterocycles. The molecular weight excluding hydrogens is 336 g/mol. The Hall–Kier alpha value is -1.69. The molecule has 27 heavy (non-hydrogen) atoms. The standard InChI is InChI=1S/C22H34N4O/c1-3-26-17-21(19(2)23-26)16-24-13-14-25(22(18-24)11-15-27)12-7-10-20-8-5-4-6-9-20/h4-6,8-9,17,22,27H,3,7,10-16,18H2,1-2H3. The summed E-state index contributed by atoms with van der Waals surface area (Å²) < 4.78 is 2.02. The number of hydrogen-bond acceptors (Lipinski definition) is 4. The van der Waals surface area contributed by atoms with Crippen molar-refractivity contribution in [1.29, 1.82) is 0 Å². The fourth-order valence-electron chi connectivity index (χ4n) is 4.07. The van der Waals surface area contributed by atoms with Gasteiger partial charge in [0, 0.05) is 57.1 Å². The molecule has 0 radical (unpaired) electrons. The average molecular weight is 371 g/mol. The predicted molar refractivity (Wildman–Crippen MR) is 110 cm³/mol. The minimum absolute atomic E-state index is 0.264.